The molecule has 0 aliphatic carbocycles. The normalized spacial score (nSPS) is 11.0. The molecule has 0 spiro atoms. The summed E-state index contributed by atoms with van der Waals surface area (Å²) < 4.78 is 10.2. The summed E-state index contributed by atoms with van der Waals surface area (Å²) in [6, 6.07) is 7.91. The van der Waals surface area contributed by atoms with E-state index in [9.17, 15) is 4.79 Å². The fourth-order valence-electron chi connectivity index (χ4n) is 2.07. The first-order chi connectivity index (χ1) is 11.7. The summed E-state index contributed by atoms with van der Waals surface area (Å²) in [6.07, 6.45) is 0.800. The first-order valence-electron chi connectivity index (χ1n) is 8.11. The SMILES string of the molecule is CCNC(=NCC(=O)NCCOC)NCCc1ccccc1OC. The topological polar surface area (TPSA) is 84.0 Å². The second-order valence-corrected chi connectivity index (χ2v) is 5.03. The number of amides is 1. The van der Waals surface area contributed by atoms with Gasteiger partial charge in [-0.25, -0.2) is 4.99 Å². The molecular weight excluding hydrogens is 308 g/mol. The number of carbonyl (C=O) groups excluding carboxylic acids is 1. The second kappa shape index (κ2) is 12.2. The summed E-state index contributed by atoms with van der Waals surface area (Å²) in [6.45, 7) is 4.46. The lowest BCUT2D eigenvalue weighted by atomic mass is 10.1. The van der Waals surface area contributed by atoms with E-state index in [0.29, 0.717) is 25.7 Å². The zero-order valence-electron chi connectivity index (χ0n) is 14.7. The monoisotopic (exact) mass is 336 g/mol. The van der Waals surface area contributed by atoms with Crippen LogP contribution in [0.1, 0.15) is 12.5 Å². The molecule has 24 heavy (non-hydrogen) atoms. The number of rotatable bonds is 10. The van der Waals surface area contributed by atoms with Crippen molar-refractivity contribution >= 4 is 11.9 Å². The number of ether oxygens (including phenoxy) is 2. The van der Waals surface area contributed by atoms with Gasteiger partial charge in [-0.2, -0.15) is 0 Å². The highest BCUT2D eigenvalue weighted by atomic mass is 16.5. The standard InChI is InChI=1S/C17H28N4O3/c1-4-18-17(21-13-16(22)19-11-12-23-2)20-10-9-14-7-5-6-8-15(14)24-3/h5-8H,4,9-13H2,1-3H3,(H,19,22)(H2,18,20,21). The number of para-hydroxylation sites is 1. The van der Waals surface area contributed by atoms with Gasteiger partial charge in [0.25, 0.3) is 0 Å². The Balaban J connectivity index is 2.44. The smallest absolute Gasteiger partial charge is 0.241 e. The van der Waals surface area contributed by atoms with Crippen LogP contribution in [-0.4, -0.2) is 58.9 Å². The van der Waals surface area contributed by atoms with Crippen LogP contribution in [0.4, 0.5) is 0 Å². The Kier molecular flexibility index (Phi) is 10.0. The lowest BCUT2D eigenvalue weighted by molar-refractivity contribution is -0.119. The molecular formula is C17H28N4O3. The van der Waals surface area contributed by atoms with Gasteiger partial charge in [0.1, 0.15) is 12.3 Å². The van der Waals surface area contributed by atoms with Crippen LogP contribution in [-0.2, 0) is 16.0 Å². The Bertz CT molecular complexity index is 520. The molecule has 0 saturated heterocycles. The largest absolute Gasteiger partial charge is 0.496 e. The van der Waals surface area contributed by atoms with E-state index in [-0.39, 0.29) is 12.5 Å². The van der Waals surface area contributed by atoms with Gasteiger partial charge in [0.2, 0.25) is 5.91 Å². The second-order valence-electron chi connectivity index (χ2n) is 5.03. The number of carbonyl (C=O) groups is 1. The minimum atomic E-state index is -0.131. The van der Waals surface area contributed by atoms with Crippen LogP contribution in [0.3, 0.4) is 0 Å². The van der Waals surface area contributed by atoms with Gasteiger partial charge in [0.15, 0.2) is 5.96 Å². The summed E-state index contributed by atoms with van der Waals surface area (Å²) in [5, 5.41) is 9.08. The van der Waals surface area contributed by atoms with Gasteiger partial charge in [-0.15, -0.1) is 0 Å². The van der Waals surface area contributed by atoms with Crippen LogP contribution in [0, 0.1) is 0 Å². The predicted molar refractivity (Wildman–Crippen MR) is 95.6 cm³/mol. The summed E-state index contributed by atoms with van der Waals surface area (Å²) >= 11 is 0. The Morgan fingerprint density at radius 2 is 1.92 bits per heavy atom. The van der Waals surface area contributed by atoms with Gasteiger partial charge in [-0.05, 0) is 25.0 Å². The molecule has 0 saturated carbocycles. The van der Waals surface area contributed by atoms with Gasteiger partial charge >= 0.3 is 0 Å². The van der Waals surface area contributed by atoms with Gasteiger partial charge in [0, 0.05) is 26.7 Å². The van der Waals surface area contributed by atoms with Crippen molar-refractivity contribution < 1.29 is 14.3 Å². The molecule has 0 aliphatic rings. The molecule has 3 N–H and O–H groups in total. The minimum absolute atomic E-state index is 0.0771. The van der Waals surface area contributed by atoms with Crippen molar-refractivity contribution in [1.82, 2.24) is 16.0 Å². The van der Waals surface area contributed by atoms with Gasteiger partial charge in [0.05, 0.1) is 13.7 Å². The van der Waals surface area contributed by atoms with Crippen molar-refractivity contribution in [3.05, 3.63) is 29.8 Å². The molecule has 1 amide bonds. The Morgan fingerprint density at radius 3 is 2.62 bits per heavy atom. The molecule has 1 aromatic rings. The third-order valence-corrected chi connectivity index (χ3v) is 3.23. The van der Waals surface area contributed by atoms with E-state index >= 15 is 0 Å². The average Bonchev–Trinajstić information content (AvgIpc) is 2.60. The maximum absolute atomic E-state index is 11.7. The number of methoxy groups -OCH3 is 2. The highest BCUT2D eigenvalue weighted by molar-refractivity contribution is 5.84. The molecule has 0 aromatic heterocycles. The lowest BCUT2D eigenvalue weighted by Gasteiger charge is -2.12. The van der Waals surface area contributed by atoms with Gasteiger partial charge in [-0.3, -0.25) is 4.79 Å². The summed E-state index contributed by atoms with van der Waals surface area (Å²) in [4.78, 5) is 15.9. The van der Waals surface area contributed by atoms with Crippen LogP contribution in [0.25, 0.3) is 0 Å². The van der Waals surface area contributed by atoms with E-state index in [1.165, 1.54) is 0 Å². The molecule has 134 valence electrons. The van der Waals surface area contributed by atoms with Crippen molar-refractivity contribution in [3.8, 4) is 5.75 Å². The van der Waals surface area contributed by atoms with Crippen molar-refractivity contribution in [2.45, 2.75) is 13.3 Å². The van der Waals surface area contributed by atoms with Crippen molar-refractivity contribution in [1.29, 1.82) is 0 Å². The predicted octanol–water partition coefficient (Wildman–Crippen LogP) is 0.555. The van der Waals surface area contributed by atoms with Crippen LogP contribution in [0.5, 0.6) is 5.75 Å². The number of nitrogens with one attached hydrogen (secondary N) is 3. The molecule has 1 rings (SSSR count). The molecule has 7 nitrogen and oxygen atoms in total. The molecule has 0 aliphatic heterocycles. The number of hydrogen-bond acceptors (Lipinski definition) is 4. The van der Waals surface area contributed by atoms with Crippen LogP contribution in [0.15, 0.2) is 29.3 Å². The average molecular weight is 336 g/mol. The maximum Gasteiger partial charge on any atom is 0.241 e. The van der Waals surface area contributed by atoms with E-state index in [1.54, 1.807) is 14.2 Å². The molecule has 0 bridgehead atoms. The number of benzene rings is 1. The fourth-order valence-corrected chi connectivity index (χ4v) is 2.07. The first-order valence-corrected chi connectivity index (χ1v) is 8.11. The van der Waals surface area contributed by atoms with Crippen LogP contribution in [0.2, 0.25) is 0 Å². The van der Waals surface area contributed by atoms with Crippen molar-refractivity contribution in [2.24, 2.45) is 4.99 Å². The van der Waals surface area contributed by atoms with Crippen LogP contribution >= 0.6 is 0 Å². The van der Waals surface area contributed by atoms with Crippen molar-refractivity contribution in [2.75, 3.05) is 47.0 Å². The Hall–Kier alpha value is -2.28. The third kappa shape index (κ3) is 7.82. The molecule has 7 heteroatoms. The highest BCUT2D eigenvalue weighted by Gasteiger charge is 2.04. The van der Waals surface area contributed by atoms with E-state index in [4.69, 9.17) is 9.47 Å². The highest BCUT2D eigenvalue weighted by Crippen LogP contribution is 2.17. The van der Waals surface area contributed by atoms with E-state index in [2.05, 4.69) is 20.9 Å². The van der Waals surface area contributed by atoms with Crippen molar-refractivity contribution in [3.63, 3.8) is 0 Å². The molecule has 0 atom stereocenters. The Morgan fingerprint density at radius 1 is 1.12 bits per heavy atom. The quantitative estimate of drug-likeness (QED) is 0.330. The number of nitrogens with zero attached hydrogens (tertiary/aromatic N) is 1. The molecule has 0 heterocycles. The van der Waals surface area contributed by atoms with E-state index < -0.39 is 0 Å². The molecule has 1 aromatic carbocycles. The molecule has 0 radical (unpaired) electrons. The third-order valence-electron chi connectivity index (χ3n) is 3.23. The lowest BCUT2D eigenvalue weighted by Crippen LogP contribution is -2.39. The number of hydrogen-bond donors (Lipinski definition) is 3. The minimum Gasteiger partial charge on any atom is -0.496 e. The zero-order valence-corrected chi connectivity index (χ0v) is 14.7. The van der Waals surface area contributed by atoms with Gasteiger partial charge < -0.3 is 25.4 Å². The zero-order chi connectivity index (χ0) is 17.6. The summed E-state index contributed by atoms with van der Waals surface area (Å²) in [5.41, 5.74) is 1.13. The maximum atomic E-state index is 11.7. The molecule has 0 unspecified atom stereocenters. The summed E-state index contributed by atoms with van der Waals surface area (Å²) in [7, 11) is 3.26. The Labute approximate surface area is 143 Å². The fraction of sp³-hybridized carbons (Fsp3) is 0.529. The van der Waals surface area contributed by atoms with Gasteiger partial charge in [-0.1, -0.05) is 18.2 Å². The van der Waals surface area contributed by atoms with E-state index in [1.807, 2.05) is 31.2 Å². The summed E-state index contributed by atoms with van der Waals surface area (Å²) in [5.74, 6) is 1.36. The van der Waals surface area contributed by atoms with E-state index in [0.717, 1.165) is 24.3 Å². The van der Waals surface area contributed by atoms with Crippen LogP contribution < -0.4 is 20.7 Å². The number of aliphatic imine (C=N–C) groups is 1. The first kappa shape index (κ1) is 19.8. The number of guanidine groups is 1. The molecule has 0 fully saturated rings.